The van der Waals surface area contributed by atoms with Gasteiger partial charge in [0, 0.05) is 18.8 Å². The molecule has 1 atom stereocenters. The van der Waals surface area contributed by atoms with Crippen LogP contribution in [0.25, 0.3) is 0 Å². The van der Waals surface area contributed by atoms with Crippen LogP contribution in [0.2, 0.25) is 0 Å². The van der Waals surface area contributed by atoms with Gasteiger partial charge in [-0.15, -0.1) is 0 Å². The van der Waals surface area contributed by atoms with E-state index in [0.717, 1.165) is 31.6 Å². The number of piperidine rings is 1. The molecule has 1 aliphatic heterocycles. The van der Waals surface area contributed by atoms with Gasteiger partial charge in [-0.3, -0.25) is 9.69 Å². The Morgan fingerprint density at radius 1 is 1.08 bits per heavy atom. The zero-order chi connectivity index (χ0) is 17.5. The van der Waals surface area contributed by atoms with Gasteiger partial charge in [0.25, 0.3) is 0 Å². The number of hydrogen-bond acceptors (Lipinski definition) is 3. The Kier molecular flexibility index (Phi) is 6.20. The molecule has 2 aromatic rings. The number of hydrogen-bond donors (Lipinski definition) is 1. The van der Waals surface area contributed by atoms with Gasteiger partial charge < -0.3 is 10.1 Å². The lowest BCUT2D eigenvalue weighted by Crippen LogP contribution is -2.47. The van der Waals surface area contributed by atoms with Crippen LogP contribution in [-0.2, 0) is 16.1 Å². The molecule has 3 rings (SSSR count). The van der Waals surface area contributed by atoms with Gasteiger partial charge in [0.1, 0.15) is 0 Å². The number of nitrogens with zero attached hydrogens (tertiary/aromatic N) is 1. The summed E-state index contributed by atoms with van der Waals surface area (Å²) in [5.41, 5.74) is 2.06. The van der Waals surface area contributed by atoms with Gasteiger partial charge in [-0.1, -0.05) is 48.5 Å². The number of ether oxygens (including phenoxy) is 1. The number of carbonyl (C=O) groups excluding carboxylic acids is 1. The van der Waals surface area contributed by atoms with Crippen LogP contribution in [0.3, 0.4) is 0 Å². The molecule has 1 aliphatic rings. The Morgan fingerprint density at radius 3 is 2.32 bits per heavy atom. The van der Waals surface area contributed by atoms with E-state index in [1.165, 1.54) is 5.56 Å². The Bertz CT molecular complexity index is 652. The first-order valence-electron chi connectivity index (χ1n) is 8.98. The monoisotopic (exact) mass is 338 g/mol. The lowest BCUT2D eigenvalue weighted by Gasteiger charge is -2.35. The maximum Gasteiger partial charge on any atom is 0.241 e. The average Bonchev–Trinajstić information content (AvgIpc) is 2.68. The molecule has 1 saturated heterocycles. The van der Waals surface area contributed by atoms with E-state index in [4.69, 9.17) is 4.74 Å². The van der Waals surface area contributed by atoms with E-state index in [1.807, 2.05) is 55.5 Å². The molecule has 0 bridgehead atoms. The van der Waals surface area contributed by atoms with Crippen molar-refractivity contribution in [2.45, 2.75) is 38.5 Å². The molecule has 0 aromatic heterocycles. The van der Waals surface area contributed by atoms with Gasteiger partial charge in [0.15, 0.2) is 0 Å². The lowest BCUT2D eigenvalue weighted by atomic mass is 10.1. The van der Waals surface area contributed by atoms with Crippen LogP contribution in [0.1, 0.15) is 25.3 Å². The molecule has 1 heterocycles. The van der Waals surface area contributed by atoms with E-state index in [1.54, 1.807) is 0 Å². The molecular formula is C21H26N2O2. The summed E-state index contributed by atoms with van der Waals surface area (Å²) in [6.07, 6.45) is 2.21. The fraction of sp³-hybridized carbons (Fsp3) is 0.381. The summed E-state index contributed by atoms with van der Waals surface area (Å²) in [5.74, 6) is 0.0508. The number of rotatable bonds is 6. The second kappa shape index (κ2) is 8.79. The van der Waals surface area contributed by atoms with Gasteiger partial charge in [0.2, 0.25) is 5.91 Å². The zero-order valence-corrected chi connectivity index (χ0v) is 14.7. The molecule has 132 valence electrons. The lowest BCUT2D eigenvalue weighted by molar-refractivity contribution is -0.122. The molecule has 1 fully saturated rings. The quantitative estimate of drug-likeness (QED) is 0.873. The summed E-state index contributed by atoms with van der Waals surface area (Å²) in [4.78, 5) is 14.7. The summed E-state index contributed by atoms with van der Waals surface area (Å²) >= 11 is 0. The van der Waals surface area contributed by atoms with E-state index in [0.29, 0.717) is 6.61 Å². The minimum Gasteiger partial charge on any atom is -0.373 e. The van der Waals surface area contributed by atoms with E-state index in [-0.39, 0.29) is 18.1 Å². The minimum atomic E-state index is -0.129. The Hall–Kier alpha value is -2.17. The first-order valence-corrected chi connectivity index (χ1v) is 8.98. The highest BCUT2D eigenvalue weighted by molar-refractivity contribution is 5.94. The van der Waals surface area contributed by atoms with Crippen LogP contribution >= 0.6 is 0 Å². The second-order valence-electron chi connectivity index (χ2n) is 6.56. The number of carbonyl (C=O) groups is 1. The van der Waals surface area contributed by atoms with Crippen molar-refractivity contribution >= 4 is 11.6 Å². The first kappa shape index (κ1) is 17.6. The molecular weight excluding hydrogens is 312 g/mol. The van der Waals surface area contributed by atoms with Crippen molar-refractivity contribution < 1.29 is 9.53 Å². The maximum absolute atomic E-state index is 12.4. The number of likely N-dealkylation sites (tertiary alicyclic amines) is 1. The summed E-state index contributed by atoms with van der Waals surface area (Å²) in [5, 5.41) is 2.98. The third-order valence-electron chi connectivity index (χ3n) is 4.77. The fourth-order valence-corrected chi connectivity index (χ4v) is 3.15. The Balaban J connectivity index is 1.42. The standard InChI is InChI=1S/C21H26N2O2/c1-17(21(24)22-19-10-6-3-7-11-19)23-14-12-20(13-15-23)25-16-18-8-4-2-5-9-18/h2-11,17,20H,12-16H2,1H3,(H,22,24)/t17-/m1/s1. The van der Waals surface area contributed by atoms with Crippen LogP contribution < -0.4 is 5.32 Å². The Labute approximate surface area is 149 Å². The fourth-order valence-electron chi connectivity index (χ4n) is 3.15. The molecule has 0 unspecified atom stereocenters. The predicted molar refractivity (Wildman–Crippen MR) is 100 cm³/mol. The SMILES string of the molecule is C[C@H](C(=O)Nc1ccccc1)N1CCC(OCc2ccccc2)CC1. The van der Waals surface area contributed by atoms with Gasteiger partial charge in [-0.2, -0.15) is 0 Å². The van der Waals surface area contributed by atoms with Gasteiger partial charge in [-0.25, -0.2) is 0 Å². The van der Waals surface area contributed by atoms with E-state index < -0.39 is 0 Å². The van der Waals surface area contributed by atoms with E-state index in [2.05, 4.69) is 22.3 Å². The van der Waals surface area contributed by atoms with Crippen molar-refractivity contribution in [1.82, 2.24) is 4.90 Å². The Morgan fingerprint density at radius 2 is 1.68 bits per heavy atom. The topological polar surface area (TPSA) is 41.6 Å². The number of nitrogens with one attached hydrogen (secondary N) is 1. The highest BCUT2D eigenvalue weighted by Crippen LogP contribution is 2.18. The predicted octanol–water partition coefficient (Wildman–Crippen LogP) is 3.69. The molecule has 0 saturated carbocycles. The van der Waals surface area contributed by atoms with Crippen molar-refractivity contribution in [3.63, 3.8) is 0 Å². The van der Waals surface area contributed by atoms with Crippen LogP contribution in [0.15, 0.2) is 60.7 Å². The van der Waals surface area contributed by atoms with E-state index in [9.17, 15) is 4.79 Å². The molecule has 0 radical (unpaired) electrons. The smallest absolute Gasteiger partial charge is 0.241 e. The molecule has 4 nitrogen and oxygen atoms in total. The highest BCUT2D eigenvalue weighted by Gasteiger charge is 2.27. The summed E-state index contributed by atoms with van der Waals surface area (Å²) in [6.45, 7) is 4.42. The summed E-state index contributed by atoms with van der Waals surface area (Å²) < 4.78 is 6.03. The van der Waals surface area contributed by atoms with Crippen LogP contribution in [0.4, 0.5) is 5.69 Å². The van der Waals surface area contributed by atoms with Gasteiger partial charge in [0.05, 0.1) is 18.8 Å². The molecule has 1 amide bonds. The molecule has 0 aliphatic carbocycles. The number of anilines is 1. The highest BCUT2D eigenvalue weighted by atomic mass is 16.5. The molecule has 25 heavy (non-hydrogen) atoms. The molecule has 2 aromatic carbocycles. The third-order valence-corrected chi connectivity index (χ3v) is 4.77. The summed E-state index contributed by atoms with van der Waals surface area (Å²) in [7, 11) is 0. The zero-order valence-electron chi connectivity index (χ0n) is 14.7. The van der Waals surface area contributed by atoms with Crippen molar-refractivity contribution in [3.05, 3.63) is 66.2 Å². The average molecular weight is 338 g/mol. The van der Waals surface area contributed by atoms with Crippen molar-refractivity contribution in [2.75, 3.05) is 18.4 Å². The van der Waals surface area contributed by atoms with Crippen molar-refractivity contribution in [2.24, 2.45) is 0 Å². The normalized spacial score (nSPS) is 17.2. The number of amides is 1. The molecule has 4 heteroatoms. The third kappa shape index (κ3) is 5.15. The van der Waals surface area contributed by atoms with Crippen LogP contribution in [-0.4, -0.2) is 36.0 Å². The second-order valence-corrected chi connectivity index (χ2v) is 6.56. The van der Waals surface area contributed by atoms with E-state index >= 15 is 0 Å². The minimum absolute atomic E-state index is 0.0508. The largest absolute Gasteiger partial charge is 0.373 e. The van der Waals surface area contributed by atoms with Crippen LogP contribution in [0, 0.1) is 0 Å². The van der Waals surface area contributed by atoms with Gasteiger partial charge >= 0.3 is 0 Å². The number of benzene rings is 2. The maximum atomic E-state index is 12.4. The first-order chi connectivity index (χ1) is 12.2. The van der Waals surface area contributed by atoms with Gasteiger partial charge in [-0.05, 0) is 37.5 Å². The number of para-hydroxylation sites is 1. The van der Waals surface area contributed by atoms with Crippen molar-refractivity contribution in [3.8, 4) is 0 Å². The molecule has 0 spiro atoms. The molecule has 1 N–H and O–H groups in total. The van der Waals surface area contributed by atoms with Crippen molar-refractivity contribution in [1.29, 1.82) is 0 Å². The summed E-state index contributed by atoms with van der Waals surface area (Å²) in [6, 6.07) is 19.8. The van der Waals surface area contributed by atoms with Crippen LogP contribution in [0.5, 0.6) is 0 Å².